The Labute approximate surface area is 206 Å². The van der Waals surface area contributed by atoms with Gasteiger partial charge in [0.25, 0.3) is 0 Å². The number of hydrogen-bond donors (Lipinski definition) is 0. The summed E-state index contributed by atoms with van der Waals surface area (Å²) in [6.07, 6.45) is 0.902. The molecule has 182 valence electrons. The third kappa shape index (κ3) is 4.81. The average molecular weight is 511 g/mol. The van der Waals surface area contributed by atoms with Crippen LogP contribution in [-0.4, -0.2) is 55.0 Å². The van der Waals surface area contributed by atoms with E-state index in [9.17, 15) is 13.2 Å². The Hall–Kier alpha value is -2.17. The summed E-state index contributed by atoms with van der Waals surface area (Å²) in [4.78, 5) is 10.4. The summed E-state index contributed by atoms with van der Waals surface area (Å²) in [7, 11) is 1.97. The van der Waals surface area contributed by atoms with Gasteiger partial charge < -0.3 is 9.47 Å². The molecule has 0 bridgehead atoms. The molecule has 3 aromatic heterocycles. The number of pyridine rings is 2. The molecule has 2 fully saturated rings. The molecule has 3 aromatic rings. The van der Waals surface area contributed by atoms with E-state index in [1.165, 1.54) is 6.20 Å². The molecule has 11 heteroatoms. The monoisotopic (exact) mass is 510 g/mol. The maximum atomic E-state index is 12.8. The van der Waals surface area contributed by atoms with Crippen LogP contribution < -0.4 is 0 Å². The highest BCUT2D eigenvalue weighted by Gasteiger charge is 2.60. The Kier molecular flexibility index (Phi) is 6.94. The maximum absolute atomic E-state index is 12.8. The summed E-state index contributed by atoms with van der Waals surface area (Å²) in [5.74, 6) is 2.25. The quantitative estimate of drug-likeness (QED) is 0.337. The van der Waals surface area contributed by atoms with E-state index in [-0.39, 0.29) is 17.8 Å². The van der Waals surface area contributed by atoms with E-state index in [2.05, 4.69) is 25.1 Å². The minimum absolute atomic E-state index is 0. The average Bonchev–Trinajstić information content (AvgIpc) is 3.16. The number of halogens is 4. The van der Waals surface area contributed by atoms with E-state index >= 15 is 0 Å². The third-order valence-electron chi connectivity index (χ3n) is 6.70. The molecular weight excluding hydrogens is 485 g/mol. The van der Waals surface area contributed by atoms with Gasteiger partial charge in [-0.2, -0.15) is 13.2 Å². The predicted molar refractivity (Wildman–Crippen MR) is 127 cm³/mol. The number of likely N-dealkylation sites (tertiary alicyclic amines) is 1. The number of rotatable bonds is 7. The molecule has 1 aliphatic heterocycles. The molecule has 1 aliphatic carbocycles. The van der Waals surface area contributed by atoms with Gasteiger partial charge in [-0.1, -0.05) is 17.8 Å². The lowest BCUT2D eigenvalue weighted by molar-refractivity contribution is -0.141. The number of hydrogen-bond acceptors (Lipinski definition) is 6. The highest BCUT2D eigenvalue weighted by molar-refractivity contribution is 7.99. The number of aryl methyl sites for hydroxylation is 1. The van der Waals surface area contributed by atoms with Gasteiger partial charge in [-0.3, -0.25) is 9.97 Å². The number of piperidine rings is 1. The second-order valence-corrected chi connectivity index (χ2v) is 10.0. The van der Waals surface area contributed by atoms with Crippen molar-refractivity contribution in [2.45, 2.75) is 36.5 Å². The van der Waals surface area contributed by atoms with Crippen LogP contribution in [0, 0.1) is 12.8 Å². The molecule has 1 saturated carbocycles. The van der Waals surface area contributed by atoms with Gasteiger partial charge in [-0.25, -0.2) is 0 Å². The number of fused-ring (bicyclic) bond motifs is 1. The molecule has 0 N–H and O–H groups in total. The summed E-state index contributed by atoms with van der Waals surface area (Å²) in [6, 6.07) is 6.69. The zero-order valence-electron chi connectivity index (χ0n) is 18.9. The number of thioether (sulfide) groups is 1. The fourth-order valence-electron chi connectivity index (χ4n) is 4.80. The lowest BCUT2D eigenvalue weighted by Gasteiger charge is -2.21. The molecule has 1 saturated heterocycles. The minimum Gasteiger partial charge on any atom is -0.305 e. The summed E-state index contributed by atoms with van der Waals surface area (Å²) in [5, 5.41) is 9.52. The number of alkyl halides is 3. The van der Waals surface area contributed by atoms with Crippen molar-refractivity contribution < 1.29 is 13.2 Å². The highest BCUT2D eigenvalue weighted by atomic mass is 35.5. The number of aromatic nitrogens is 5. The van der Waals surface area contributed by atoms with Crippen LogP contribution in [0.1, 0.15) is 29.8 Å². The van der Waals surface area contributed by atoms with Crippen molar-refractivity contribution in [3.8, 4) is 11.4 Å². The molecule has 0 spiro atoms. The highest BCUT2D eigenvalue weighted by Crippen LogP contribution is 2.58. The van der Waals surface area contributed by atoms with Crippen molar-refractivity contribution in [3.05, 3.63) is 53.6 Å². The topological polar surface area (TPSA) is 59.7 Å². The molecule has 0 aromatic carbocycles. The lowest BCUT2D eigenvalue weighted by Crippen LogP contribution is -2.28. The van der Waals surface area contributed by atoms with Crippen molar-refractivity contribution in [2.24, 2.45) is 13.0 Å². The van der Waals surface area contributed by atoms with Crippen LogP contribution >= 0.6 is 24.2 Å². The van der Waals surface area contributed by atoms with Gasteiger partial charge in [0, 0.05) is 55.0 Å². The fraction of sp³-hybridized carbons (Fsp3) is 0.478. The van der Waals surface area contributed by atoms with Crippen LogP contribution in [0.3, 0.4) is 0 Å². The van der Waals surface area contributed by atoms with Crippen molar-refractivity contribution in [3.63, 3.8) is 0 Å². The first-order valence-corrected chi connectivity index (χ1v) is 12.0. The van der Waals surface area contributed by atoms with Crippen molar-refractivity contribution in [1.29, 1.82) is 0 Å². The number of nitrogens with zero attached hydrogens (tertiary/aromatic N) is 6. The van der Waals surface area contributed by atoms with Gasteiger partial charge in [0.15, 0.2) is 11.0 Å². The fourth-order valence-corrected chi connectivity index (χ4v) is 5.64. The van der Waals surface area contributed by atoms with E-state index in [4.69, 9.17) is 0 Å². The molecule has 0 radical (unpaired) electrons. The summed E-state index contributed by atoms with van der Waals surface area (Å²) in [5.41, 5.74) is 2.02. The Morgan fingerprint density at radius 3 is 2.62 bits per heavy atom. The standard InChI is InChI=1S/C23H25F3N6S.ClH/c1-15-4-5-16(11-27-15)20-29-30-21(31(20)2)33-9-3-8-32-13-18-10-22(18,14-32)17-6-7-19(28-12-17)23(24,25)26;/h4-7,11-12,18H,3,8-10,13-14H2,1-2H3;1H/t18-,22+;/m1./s1. The van der Waals surface area contributed by atoms with Crippen LogP contribution in [0.15, 0.2) is 41.8 Å². The Bertz CT molecular complexity index is 1140. The summed E-state index contributed by atoms with van der Waals surface area (Å²) >= 11 is 1.69. The van der Waals surface area contributed by atoms with Gasteiger partial charge >= 0.3 is 6.18 Å². The van der Waals surface area contributed by atoms with Crippen LogP contribution in [0.5, 0.6) is 0 Å². The Morgan fingerprint density at radius 1 is 1.12 bits per heavy atom. The van der Waals surface area contributed by atoms with Crippen molar-refractivity contribution >= 4 is 24.2 Å². The van der Waals surface area contributed by atoms with E-state index in [0.29, 0.717) is 5.92 Å². The van der Waals surface area contributed by atoms with Crippen LogP contribution in [0.4, 0.5) is 13.2 Å². The summed E-state index contributed by atoms with van der Waals surface area (Å²) in [6.45, 7) is 4.81. The van der Waals surface area contributed by atoms with E-state index < -0.39 is 11.9 Å². The second kappa shape index (κ2) is 9.47. The van der Waals surface area contributed by atoms with E-state index in [1.807, 2.05) is 36.9 Å². The molecule has 4 heterocycles. The third-order valence-corrected chi connectivity index (χ3v) is 7.81. The zero-order chi connectivity index (χ0) is 23.2. The van der Waals surface area contributed by atoms with Crippen molar-refractivity contribution in [1.82, 2.24) is 29.6 Å². The molecule has 2 atom stereocenters. The zero-order valence-corrected chi connectivity index (χ0v) is 20.6. The van der Waals surface area contributed by atoms with E-state index in [1.54, 1.807) is 17.8 Å². The van der Waals surface area contributed by atoms with Gasteiger partial charge in [-0.15, -0.1) is 22.6 Å². The molecule has 0 amide bonds. The SMILES string of the molecule is Cc1ccc(-c2nnc(SCCCN3C[C@H]4C[C@@]4(c4ccc(C(F)(F)F)nc4)C3)n2C)cn1.Cl. The maximum Gasteiger partial charge on any atom is 0.433 e. The van der Waals surface area contributed by atoms with Crippen LogP contribution in [0.2, 0.25) is 0 Å². The summed E-state index contributed by atoms with van der Waals surface area (Å²) < 4.78 is 40.4. The molecule has 5 rings (SSSR count). The molecule has 6 nitrogen and oxygen atoms in total. The largest absolute Gasteiger partial charge is 0.433 e. The van der Waals surface area contributed by atoms with Crippen molar-refractivity contribution in [2.75, 3.05) is 25.4 Å². The first-order valence-electron chi connectivity index (χ1n) is 11.0. The first-order chi connectivity index (χ1) is 15.8. The van der Waals surface area contributed by atoms with E-state index in [0.717, 1.165) is 72.1 Å². The predicted octanol–water partition coefficient (Wildman–Crippen LogP) is 4.78. The van der Waals surface area contributed by atoms with Crippen LogP contribution in [0.25, 0.3) is 11.4 Å². The smallest absolute Gasteiger partial charge is 0.305 e. The molecule has 0 unspecified atom stereocenters. The Balaban J connectivity index is 0.00000274. The Morgan fingerprint density at radius 2 is 1.94 bits per heavy atom. The van der Waals surface area contributed by atoms with Gasteiger partial charge in [0.1, 0.15) is 5.69 Å². The minimum atomic E-state index is -4.39. The van der Waals surface area contributed by atoms with Gasteiger partial charge in [-0.05, 0) is 56.0 Å². The molecule has 34 heavy (non-hydrogen) atoms. The van der Waals surface area contributed by atoms with Gasteiger partial charge in [0.2, 0.25) is 0 Å². The first kappa shape index (κ1) is 24.9. The normalized spacial score (nSPS) is 21.9. The molecule has 2 aliphatic rings. The van der Waals surface area contributed by atoms with Gasteiger partial charge in [0.05, 0.1) is 0 Å². The second-order valence-electron chi connectivity index (χ2n) is 8.98. The van der Waals surface area contributed by atoms with Crippen LogP contribution in [-0.2, 0) is 18.6 Å². The molecular formula is C23H26ClF3N6S. The lowest BCUT2D eigenvalue weighted by atomic mass is 9.96.